The molecule has 136 valence electrons. The van der Waals surface area contributed by atoms with Crippen LogP contribution >= 0.6 is 0 Å². The number of rotatable bonds is 4. The van der Waals surface area contributed by atoms with Crippen LogP contribution in [0, 0.1) is 6.92 Å². The number of aromatic nitrogens is 1. The summed E-state index contributed by atoms with van der Waals surface area (Å²) in [6, 6.07) is 8.77. The third-order valence-corrected chi connectivity index (χ3v) is 4.43. The predicted octanol–water partition coefficient (Wildman–Crippen LogP) is 2.09. The lowest BCUT2D eigenvalue weighted by Gasteiger charge is -2.32. The van der Waals surface area contributed by atoms with Gasteiger partial charge < -0.3 is 24.3 Å². The average Bonchev–Trinajstić information content (AvgIpc) is 3.13. The monoisotopic (exact) mass is 356 g/mol. The normalized spacial score (nSPS) is 21.3. The van der Waals surface area contributed by atoms with Gasteiger partial charge in [-0.1, -0.05) is 0 Å². The zero-order chi connectivity index (χ0) is 17.9. The molecular weight excluding hydrogens is 336 g/mol. The molecule has 1 aromatic carbocycles. The number of nitrogens with zero attached hydrogens (tertiary/aromatic N) is 1. The molecule has 1 saturated heterocycles. The molecule has 2 atom stereocenters. The quantitative estimate of drug-likeness (QED) is 0.904. The lowest BCUT2D eigenvalue weighted by Crippen LogP contribution is -2.51. The van der Waals surface area contributed by atoms with Gasteiger partial charge in [0.2, 0.25) is 6.79 Å². The SMILES string of the molecule is Cc1ccc(O[C@@H]2COCC[C@@H]2NC(=O)c2ccc3c(c2)OCO3)cn1. The molecule has 7 nitrogen and oxygen atoms in total. The Morgan fingerprint density at radius 3 is 2.96 bits per heavy atom. The molecular formula is C19H20N2O5. The molecule has 2 aliphatic rings. The second-order valence-corrected chi connectivity index (χ2v) is 6.30. The summed E-state index contributed by atoms with van der Waals surface area (Å²) < 4.78 is 22.1. The van der Waals surface area contributed by atoms with Crippen molar-refractivity contribution in [2.75, 3.05) is 20.0 Å². The number of hydrogen-bond donors (Lipinski definition) is 1. The molecule has 1 amide bonds. The van der Waals surface area contributed by atoms with Crippen molar-refractivity contribution in [1.82, 2.24) is 10.3 Å². The first-order chi connectivity index (χ1) is 12.7. The maximum absolute atomic E-state index is 12.6. The maximum Gasteiger partial charge on any atom is 0.251 e. The van der Waals surface area contributed by atoms with Gasteiger partial charge in [-0.15, -0.1) is 0 Å². The summed E-state index contributed by atoms with van der Waals surface area (Å²) in [6.07, 6.45) is 2.09. The van der Waals surface area contributed by atoms with Crippen LogP contribution in [0.25, 0.3) is 0 Å². The summed E-state index contributed by atoms with van der Waals surface area (Å²) in [5.74, 6) is 1.73. The van der Waals surface area contributed by atoms with Crippen molar-refractivity contribution in [2.24, 2.45) is 0 Å². The van der Waals surface area contributed by atoms with Crippen LogP contribution < -0.4 is 19.5 Å². The second kappa shape index (κ2) is 7.21. The molecule has 0 radical (unpaired) electrons. The van der Waals surface area contributed by atoms with Crippen LogP contribution in [0.3, 0.4) is 0 Å². The molecule has 2 aromatic rings. The van der Waals surface area contributed by atoms with Crippen molar-refractivity contribution >= 4 is 5.91 Å². The first kappa shape index (κ1) is 16.7. The van der Waals surface area contributed by atoms with Crippen LogP contribution in [0.4, 0.5) is 0 Å². The highest BCUT2D eigenvalue weighted by Gasteiger charge is 2.29. The number of ether oxygens (including phenoxy) is 4. The average molecular weight is 356 g/mol. The van der Waals surface area contributed by atoms with E-state index in [-0.39, 0.29) is 24.8 Å². The summed E-state index contributed by atoms with van der Waals surface area (Å²) in [6.45, 7) is 3.10. The Morgan fingerprint density at radius 1 is 1.23 bits per heavy atom. The minimum absolute atomic E-state index is 0.150. The van der Waals surface area contributed by atoms with Crippen LogP contribution in [-0.2, 0) is 4.74 Å². The molecule has 26 heavy (non-hydrogen) atoms. The van der Waals surface area contributed by atoms with Crippen molar-refractivity contribution in [3.8, 4) is 17.2 Å². The Kier molecular flexibility index (Phi) is 4.62. The maximum atomic E-state index is 12.6. The number of carbonyl (C=O) groups excluding carboxylic acids is 1. The van der Waals surface area contributed by atoms with E-state index in [1.165, 1.54) is 0 Å². The summed E-state index contributed by atoms with van der Waals surface area (Å²) in [7, 11) is 0. The van der Waals surface area contributed by atoms with E-state index in [1.54, 1.807) is 24.4 Å². The molecule has 0 bridgehead atoms. The van der Waals surface area contributed by atoms with E-state index in [2.05, 4.69) is 10.3 Å². The van der Waals surface area contributed by atoms with Gasteiger partial charge in [-0.05, 0) is 43.7 Å². The zero-order valence-corrected chi connectivity index (χ0v) is 14.4. The van der Waals surface area contributed by atoms with Crippen LogP contribution in [0.1, 0.15) is 22.5 Å². The minimum atomic E-state index is -0.272. The van der Waals surface area contributed by atoms with Gasteiger partial charge in [-0.3, -0.25) is 9.78 Å². The van der Waals surface area contributed by atoms with Gasteiger partial charge in [0.1, 0.15) is 11.9 Å². The third-order valence-electron chi connectivity index (χ3n) is 4.43. The van der Waals surface area contributed by atoms with Crippen molar-refractivity contribution in [1.29, 1.82) is 0 Å². The Labute approximate surface area is 151 Å². The van der Waals surface area contributed by atoms with E-state index in [4.69, 9.17) is 18.9 Å². The molecule has 1 aromatic heterocycles. The van der Waals surface area contributed by atoms with Gasteiger partial charge in [0, 0.05) is 17.9 Å². The number of pyridine rings is 1. The van der Waals surface area contributed by atoms with Gasteiger partial charge in [-0.25, -0.2) is 0 Å². The lowest BCUT2D eigenvalue weighted by molar-refractivity contribution is -0.0136. The number of hydrogen-bond acceptors (Lipinski definition) is 6. The van der Waals surface area contributed by atoms with E-state index in [9.17, 15) is 4.79 Å². The standard InChI is InChI=1S/C19H20N2O5/c1-12-2-4-14(9-20-12)26-18-10-23-7-6-15(18)21-19(22)13-3-5-16-17(8-13)25-11-24-16/h2-5,8-9,15,18H,6-7,10-11H2,1H3,(H,21,22)/t15-,18+/m0/s1. The van der Waals surface area contributed by atoms with Gasteiger partial charge >= 0.3 is 0 Å². The van der Waals surface area contributed by atoms with Crippen LogP contribution in [0.15, 0.2) is 36.5 Å². The highest BCUT2D eigenvalue weighted by atomic mass is 16.7. The largest absolute Gasteiger partial charge is 0.484 e. The first-order valence-electron chi connectivity index (χ1n) is 8.56. The second-order valence-electron chi connectivity index (χ2n) is 6.30. The topological polar surface area (TPSA) is 78.9 Å². The van der Waals surface area contributed by atoms with Crippen LogP contribution in [-0.4, -0.2) is 43.0 Å². The molecule has 1 fully saturated rings. The van der Waals surface area contributed by atoms with Crippen molar-refractivity contribution in [3.05, 3.63) is 47.8 Å². The Morgan fingerprint density at radius 2 is 2.12 bits per heavy atom. The van der Waals surface area contributed by atoms with E-state index in [0.29, 0.717) is 42.4 Å². The fourth-order valence-corrected chi connectivity index (χ4v) is 2.98. The van der Waals surface area contributed by atoms with E-state index < -0.39 is 0 Å². The van der Waals surface area contributed by atoms with Gasteiger partial charge in [0.15, 0.2) is 11.5 Å². The number of aryl methyl sites for hydroxylation is 1. The van der Waals surface area contributed by atoms with Gasteiger partial charge in [-0.2, -0.15) is 0 Å². The van der Waals surface area contributed by atoms with Gasteiger partial charge in [0.05, 0.1) is 18.8 Å². The highest BCUT2D eigenvalue weighted by Crippen LogP contribution is 2.32. The third kappa shape index (κ3) is 3.57. The molecule has 0 saturated carbocycles. The molecule has 4 rings (SSSR count). The van der Waals surface area contributed by atoms with Crippen molar-refractivity contribution in [3.63, 3.8) is 0 Å². The Balaban J connectivity index is 1.44. The number of fused-ring (bicyclic) bond motifs is 1. The fraction of sp³-hybridized carbons (Fsp3) is 0.368. The van der Waals surface area contributed by atoms with Gasteiger partial charge in [0.25, 0.3) is 5.91 Å². The lowest BCUT2D eigenvalue weighted by atomic mass is 10.0. The van der Waals surface area contributed by atoms with Crippen LogP contribution in [0.5, 0.6) is 17.2 Å². The molecule has 0 aliphatic carbocycles. The summed E-state index contributed by atoms with van der Waals surface area (Å²) in [5, 5.41) is 3.05. The molecule has 3 heterocycles. The number of nitrogens with one attached hydrogen (secondary N) is 1. The molecule has 0 unspecified atom stereocenters. The number of benzene rings is 1. The summed E-state index contributed by atoms with van der Waals surface area (Å²) in [5.41, 5.74) is 1.45. The molecule has 1 N–H and O–H groups in total. The Bertz CT molecular complexity index is 793. The van der Waals surface area contributed by atoms with Crippen molar-refractivity contribution < 1.29 is 23.7 Å². The smallest absolute Gasteiger partial charge is 0.251 e. The molecule has 7 heteroatoms. The Hall–Kier alpha value is -2.80. The number of amides is 1. The zero-order valence-electron chi connectivity index (χ0n) is 14.4. The first-order valence-corrected chi connectivity index (χ1v) is 8.56. The van der Waals surface area contributed by atoms with Crippen molar-refractivity contribution in [2.45, 2.75) is 25.5 Å². The highest BCUT2D eigenvalue weighted by molar-refractivity contribution is 5.95. The molecule has 2 aliphatic heterocycles. The van der Waals surface area contributed by atoms with E-state index in [1.807, 2.05) is 19.1 Å². The number of carbonyl (C=O) groups is 1. The summed E-state index contributed by atoms with van der Waals surface area (Å²) in [4.78, 5) is 16.9. The summed E-state index contributed by atoms with van der Waals surface area (Å²) >= 11 is 0. The fourth-order valence-electron chi connectivity index (χ4n) is 2.98. The minimum Gasteiger partial charge on any atom is -0.484 e. The molecule has 0 spiro atoms. The van der Waals surface area contributed by atoms with Crippen LogP contribution in [0.2, 0.25) is 0 Å². The predicted molar refractivity (Wildman–Crippen MR) is 92.6 cm³/mol. The van der Waals surface area contributed by atoms with E-state index >= 15 is 0 Å². The van der Waals surface area contributed by atoms with E-state index in [0.717, 1.165) is 5.69 Å².